The Morgan fingerprint density at radius 3 is 2.72 bits per heavy atom. The Morgan fingerprint density at radius 2 is 1.94 bits per heavy atom. The number of nitrogens with zero attached hydrogens (tertiary/aromatic N) is 1. The summed E-state index contributed by atoms with van der Waals surface area (Å²) in [6, 6.07) is 14.4. The Hall–Kier alpha value is -1.87. The summed E-state index contributed by atoms with van der Waals surface area (Å²) >= 11 is 0. The third kappa shape index (κ3) is 3.86. The van der Waals surface area contributed by atoms with Crippen molar-refractivity contribution in [1.29, 1.82) is 0 Å². The molecular formula is C15H18N2O. The van der Waals surface area contributed by atoms with E-state index in [1.165, 1.54) is 5.56 Å². The molecule has 2 aromatic rings. The maximum Gasteiger partial charge on any atom is 0.125 e. The maximum absolute atomic E-state index is 5.67. The van der Waals surface area contributed by atoms with Crippen molar-refractivity contribution in [2.45, 2.75) is 13.0 Å². The van der Waals surface area contributed by atoms with E-state index in [-0.39, 0.29) is 0 Å². The number of rotatable bonds is 6. The SMILES string of the molecule is CNc1cc(COCCc2ccccc2)ccn1. The maximum atomic E-state index is 5.67. The van der Waals surface area contributed by atoms with Crippen LogP contribution in [-0.4, -0.2) is 18.6 Å². The molecule has 0 aliphatic rings. The molecule has 3 heteroatoms. The van der Waals surface area contributed by atoms with Gasteiger partial charge in [-0.25, -0.2) is 4.98 Å². The van der Waals surface area contributed by atoms with Crippen molar-refractivity contribution in [2.24, 2.45) is 0 Å². The molecule has 0 bridgehead atoms. The summed E-state index contributed by atoms with van der Waals surface area (Å²) in [5.74, 6) is 0.874. The summed E-state index contributed by atoms with van der Waals surface area (Å²) in [7, 11) is 1.86. The van der Waals surface area contributed by atoms with Crippen LogP contribution < -0.4 is 5.32 Å². The Balaban J connectivity index is 1.75. The van der Waals surface area contributed by atoms with E-state index in [2.05, 4.69) is 34.6 Å². The van der Waals surface area contributed by atoms with Gasteiger partial charge < -0.3 is 10.1 Å². The van der Waals surface area contributed by atoms with Gasteiger partial charge in [0.25, 0.3) is 0 Å². The van der Waals surface area contributed by atoms with Gasteiger partial charge in [-0.1, -0.05) is 30.3 Å². The molecule has 18 heavy (non-hydrogen) atoms. The normalized spacial score (nSPS) is 10.3. The number of ether oxygens (including phenoxy) is 1. The van der Waals surface area contributed by atoms with Gasteiger partial charge in [0.15, 0.2) is 0 Å². The summed E-state index contributed by atoms with van der Waals surface area (Å²) in [4.78, 5) is 4.17. The fourth-order valence-corrected chi connectivity index (χ4v) is 1.73. The fraction of sp³-hybridized carbons (Fsp3) is 0.267. The zero-order valence-corrected chi connectivity index (χ0v) is 10.6. The first kappa shape index (κ1) is 12.6. The van der Waals surface area contributed by atoms with Crippen LogP contribution >= 0.6 is 0 Å². The molecule has 0 aliphatic heterocycles. The zero-order chi connectivity index (χ0) is 12.6. The largest absolute Gasteiger partial charge is 0.376 e. The van der Waals surface area contributed by atoms with E-state index in [9.17, 15) is 0 Å². The second-order valence-electron chi connectivity index (χ2n) is 4.09. The van der Waals surface area contributed by atoms with Crippen LogP contribution in [0.3, 0.4) is 0 Å². The fourth-order valence-electron chi connectivity index (χ4n) is 1.73. The first-order valence-corrected chi connectivity index (χ1v) is 6.13. The van der Waals surface area contributed by atoms with Gasteiger partial charge in [-0.15, -0.1) is 0 Å². The predicted octanol–water partition coefficient (Wildman–Crippen LogP) is 2.88. The number of benzene rings is 1. The predicted molar refractivity (Wildman–Crippen MR) is 73.6 cm³/mol. The van der Waals surface area contributed by atoms with E-state index in [0.29, 0.717) is 6.61 Å². The number of hydrogen-bond acceptors (Lipinski definition) is 3. The summed E-state index contributed by atoms with van der Waals surface area (Å²) < 4.78 is 5.67. The molecule has 1 N–H and O–H groups in total. The number of pyridine rings is 1. The molecule has 3 nitrogen and oxygen atoms in total. The van der Waals surface area contributed by atoms with Crippen LogP contribution in [0.25, 0.3) is 0 Å². The molecule has 0 atom stereocenters. The minimum Gasteiger partial charge on any atom is -0.376 e. The van der Waals surface area contributed by atoms with Crippen molar-refractivity contribution >= 4 is 5.82 Å². The van der Waals surface area contributed by atoms with E-state index in [1.807, 2.05) is 25.2 Å². The molecule has 0 radical (unpaired) electrons. The minimum atomic E-state index is 0.629. The highest BCUT2D eigenvalue weighted by Gasteiger charge is 1.97. The molecule has 0 saturated carbocycles. The average Bonchev–Trinajstić information content (AvgIpc) is 2.45. The average molecular weight is 242 g/mol. The molecule has 1 heterocycles. The third-order valence-electron chi connectivity index (χ3n) is 2.73. The van der Waals surface area contributed by atoms with E-state index >= 15 is 0 Å². The van der Waals surface area contributed by atoms with Gasteiger partial charge in [0.2, 0.25) is 0 Å². The monoisotopic (exact) mass is 242 g/mol. The second-order valence-corrected chi connectivity index (χ2v) is 4.09. The van der Waals surface area contributed by atoms with Crippen molar-refractivity contribution in [3.63, 3.8) is 0 Å². The molecule has 0 aliphatic carbocycles. The summed E-state index contributed by atoms with van der Waals surface area (Å²) in [5.41, 5.74) is 2.45. The van der Waals surface area contributed by atoms with Gasteiger partial charge >= 0.3 is 0 Å². The summed E-state index contributed by atoms with van der Waals surface area (Å²) in [5, 5.41) is 3.02. The van der Waals surface area contributed by atoms with Crippen LogP contribution in [0.2, 0.25) is 0 Å². The van der Waals surface area contributed by atoms with Crippen LogP contribution in [0.4, 0.5) is 5.82 Å². The third-order valence-corrected chi connectivity index (χ3v) is 2.73. The van der Waals surface area contributed by atoms with Gasteiger partial charge in [0.05, 0.1) is 13.2 Å². The van der Waals surface area contributed by atoms with Crippen LogP contribution in [0.15, 0.2) is 48.7 Å². The molecule has 0 amide bonds. The van der Waals surface area contributed by atoms with Crippen molar-refractivity contribution < 1.29 is 4.74 Å². The molecule has 2 rings (SSSR count). The van der Waals surface area contributed by atoms with Crippen LogP contribution in [0.1, 0.15) is 11.1 Å². The first-order chi connectivity index (χ1) is 8.88. The number of aromatic nitrogens is 1. The molecule has 94 valence electrons. The lowest BCUT2D eigenvalue weighted by atomic mass is 10.2. The Labute approximate surface area is 108 Å². The van der Waals surface area contributed by atoms with Gasteiger partial charge in [-0.3, -0.25) is 0 Å². The second kappa shape index (κ2) is 6.77. The molecule has 0 unspecified atom stereocenters. The lowest BCUT2D eigenvalue weighted by Crippen LogP contribution is -2.00. The lowest BCUT2D eigenvalue weighted by Gasteiger charge is -2.06. The number of anilines is 1. The highest BCUT2D eigenvalue weighted by atomic mass is 16.5. The molecule has 1 aromatic carbocycles. The Morgan fingerprint density at radius 1 is 1.11 bits per heavy atom. The quantitative estimate of drug-likeness (QED) is 0.791. The van der Waals surface area contributed by atoms with Crippen LogP contribution in [0.5, 0.6) is 0 Å². The molecule has 0 spiro atoms. The smallest absolute Gasteiger partial charge is 0.125 e. The van der Waals surface area contributed by atoms with Crippen LogP contribution in [0, 0.1) is 0 Å². The van der Waals surface area contributed by atoms with E-state index in [0.717, 1.165) is 24.4 Å². The lowest BCUT2D eigenvalue weighted by molar-refractivity contribution is 0.124. The number of nitrogens with one attached hydrogen (secondary N) is 1. The topological polar surface area (TPSA) is 34.1 Å². The van der Waals surface area contributed by atoms with Crippen molar-refractivity contribution in [2.75, 3.05) is 19.0 Å². The molecule has 0 fully saturated rings. The molecule has 1 aromatic heterocycles. The van der Waals surface area contributed by atoms with Crippen LogP contribution in [-0.2, 0) is 17.8 Å². The number of hydrogen-bond donors (Lipinski definition) is 1. The molecule has 0 saturated heterocycles. The van der Waals surface area contributed by atoms with Gasteiger partial charge in [-0.2, -0.15) is 0 Å². The minimum absolute atomic E-state index is 0.629. The van der Waals surface area contributed by atoms with Gasteiger partial charge in [0.1, 0.15) is 5.82 Å². The van der Waals surface area contributed by atoms with Crippen molar-refractivity contribution in [3.8, 4) is 0 Å². The van der Waals surface area contributed by atoms with Gasteiger partial charge in [0, 0.05) is 13.2 Å². The Bertz CT molecular complexity index is 471. The van der Waals surface area contributed by atoms with E-state index in [4.69, 9.17) is 4.74 Å². The first-order valence-electron chi connectivity index (χ1n) is 6.13. The standard InChI is InChI=1S/C15H18N2O/c1-16-15-11-14(7-9-17-15)12-18-10-8-13-5-3-2-4-6-13/h2-7,9,11H,8,10,12H2,1H3,(H,16,17). The highest BCUT2D eigenvalue weighted by molar-refractivity contribution is 5.36. The molecular weight excluding hydrogens is 224 g/mol. The van der Waals surface area contributed by atoms with E-state index < -0.39 is 0 Å². The van der Waals surface area contributed by atoms with Gasteiger partial charge in [-0.05, 0) is 29.7 Å². The van der Waals surface area contributed by atoms with E-state index in [1.54, 1.807) is 6.20 Å². The summed E-state index contributed by atoms with van der Waals surface area (Å²) in [6.45, 7) is 1.37. The van der Waals surface area contributed by atoms with Crippen molar-refractivity contribution in [3.05, 3.63) is 59.8 Å². The highest BCUT2D eigenvalue weighted by Crippen LogP contribution is 2.07. The Kier molecular flexibility index (Phi) is 4.73. The van der Waals surface area contributed by atoms with Crippen molar-refractivity contribution in [1.82, 2.24) is 4.98 Å². The summed E-state index contributed by atoms with van der Waals surface area (Å²) in [6.07, 6.45) is 2.74. The zero-order valence-electron chi connectivity index (χ0n) is 10.6.